The summed E-state index contributed by atoms with van der Waals surface area (Å²) in [5.41, 5.74) is 0. The third kappa shape index (κ3) is 2.48. The SMILES string of the molecule is CCC(CC)C1[CH]NCCC1. The number of rotatable bonds is 3. The summed E-state index contributed by atoms with van der Waals surface area (Å²) in [5.74, 6) is 1.77. The van der Waals surface area contributed by atoms with E-state index in [9.17, 15) is 0 Å². The van der Waals surface area contributed by atoms with Crippen molar-refractivity contribution in [3.63, 3.8) is 0 Å². The van der Waals surface area contributed by atoms with Crippen LogP contribution in [0.15, 0.2) is 0 Å². The second kappa shape index (κ2) is 4.76. The van der Waals surface area contributed by atoms with Gasteiger partial charge in [0.1, 0.15) is 0 Å². The molecule has 1 aliphatic rings. The molecule has 0 spiro atoms. The molecule has 1 aliphatic heterocycles. The molecule has 1 unspecified atom stereocenters. The Hall–Kier alpha value is -0.0400. The highest BCUT2D eigenvalue weighted by atomic mass is 14.9. The molecule has 1 rings (SSSR count). The lowest BCUT2D eigenvalue weighted by Crippen LogP contribution is -2.29. The highest BCUT2D eigenvalue weighted by Gasteiger charge is 2.20. The quantitative estimate of drug-likeness (QED) is 0.659. The predicted octanol–water partition coefficient (Wildman–Crippen LogP) is 2.58. The van der Waals surface area contributed by atoms with Gasteiger partial charge >= 0.3 is 0 Å². The Morgan fingerprint density at radius 3 is 2.64 bits per heavy atom. The predicted molar refractivity (Wildman–Crippen MR) is 49.1 cm³/mol. The van der Waals surface area contributed by atoms with Gasteiger partial charge in [-0.1, -0.05) is 26.7 Å². The van der Waals surface area contributed by atoms with Crippen molar-refractivity contribution in [2.24, 2.45) is 11.8 Å². The maximum Gasteiger partial charge on any atom is 0.0254 e. The monoisotopic (exact) mass is 154 g/mol. The van der Waals surface area contributed by atoms with Gasteiger partial charge in [-0.05, 0) is 31.2 Å². The molecule has 1 atom stereocenters. The average Bonchev–Trinajstić information content (AvgIpc) is 2.09. The molecule has 1 heteroatoms. The van der Waals surface area contributed by atoms with E-state index < -0.39 is 0 Å². The van der Waals surface area contributed by atoms with E-state index >= 15 is 0 Å². The van der Waals surface area contributed by atoms with E-state index in [0.29, 0.717) is 0 Å². The third-order valence-electron chi connectivity index (χ3n) is 2.84. The Bertz CT molecular complexity index is 91.0. The molecule has 65 valence electrons. The summed E-state index contributed by atoms with van der Waals surface area (Å²) in [5, 5.41) is 3.36. The fourth-order valence-electron chi connectivity index (χ4n) is 2.02. The second-order valence-electron chi connectivity index (χ2n) is 3.50. The molecule has 0 saturated carbocycles. The first-order valence-electron chi connectivity index (χ1n) is 4.95. The molecular weight excluding hydrogens is 134 g/mol. The lowest BCUT2D eigenvalue weighted by Gasteiger charge is -2.28. The van der Waals surface area contributed by atoms with Crippen LogP contribution >= 0.6 is 0 Å². The van der Waals surface area contributed by atoms with E-state index in [1.54, 1.807) is 0 Å². The van der Waals surface area contributed by atoms with Crippen LogP contribution in [0.4, 0.5) is 0 Å². The van der Waals surface area contributed by atoms with Crippen LogP contribution in [0, 0.1) is 18.4 Å². The Kier molecular flexibility index (Phi) is 3.92. The first-order valence-corrected chi connectivity index (χ1v) is 4.95. The molecule has 0 aliphatic carbocycles. The van der Waals surface area contributed by atoms with Crippen LogP contribution < -0.4 is 5.32 Å². The lowest BCUT2D eigenvalue weighted by molar-refractivity contribution is 0.288. The van der Waals surface area contributed by atoms with Crippen LogP contribution in [0.5, 0.6) is 0 Å². The third-order valence-corrected chi connectivity index (χ3v) is 2.84. The minimum Gasteiger partial charge on any atom is -0.312 e. The van der Waals surface area contributed by atoms with Crippen molar-refractivity contribution in [1.82, 2.24) is 5.32 Å². The van der Waals surface area contributed by atoms with Crippen molar-refractivity contribution in [1.29, 1.82) is 0 Å². The van der Waals surface area contributed by atoms with Crippen LogP contribution in [-0.4, -0.2) is 6.54 Å². The topological polar surface area (TPSA) is 12.0 Å². The summed E-state index contributed by atoms with van der Waals surface area (Å²) < 4.78 is 0. The molecule has 0 aromatic carbocycles. The van der Waals surface area contributed by atoms with Crippen molar-refractivity contribution in [2.45, 2.75) is 39.5 Å². The molecular formula is C10H20N. The van der Waals surface area contributed by atoms with Crippen molar-refractivity contribution in [3.05, 3.63) is 6.54 Å². The molecule has 1 nitrogen and oxygen atoms in total. The molecule has 0 amide bonds. The fourth-order valence-corrected chi connectivity index (χ4v) is 2.02. The van der Waals surface area contributed by atoms with E-state index in [0.717, 1.165) is 11.8 Å². The van der Waals surface area contributed by atoms with Crippen LogP contribution in [-0.2, 0) is 0 Å². The molecule has 0 bridgehead atoms. The minimum atomic E-state index is 0.846. The fraction of sp³-hybridized carbons (Fsp3) is 0.900. The van der Waals surface area contributed by atoms with Crippen molar-refractivity contribution in [3.8, 4) is 0 Å². The standard InChI is InChI=1S/C10H20N/c1-3-9(4-2)10-6-5-7-11-8-10/h8-11H,3-7H2,1-2H3. The molecule has 0 aromatic rings. The van der Waals surface area contributed by atoms with Gasteiger partial charge in [0.15, 0.2) is 0 Å². The normalized spacial score (nSPS) is 25.9. The molecule has 1 fully saturated rings. The van der Waals surface area contributed by atoms with Gasteiger partial charge in [0.25, 0.3) is 0 Å². The van der Waals surface area contributed by atoms with Gasteiger partial charge in [0.2, 0.25) is 0 Å². The molecule has 1 radical (unpaired) electrons. The summed E-state index contributed by atoms with van der Waals surface area (Å²) in [6.07, 6.45) is 5.43. The van der Waals surface area contributed by atoms with Gasteiger partial charge in [-0.2, -0.15) is 0 Å². The van der Waals surface area contributed by atoms with E-state index in [2.05, 4.69) is 25.7 Å². The molecule has 1 N–H and O–H groups in total. The number of nitrogens with one attached hydrogen (secondary N) is 1. The summed E-state index contributed by atoms with van der Waals surface area (Å²) >= 11 is 0. The zero-order valence-corrected chi connectivity index (χ0v) is 7.77. The summed E-state index contributed by atoms with van der Waals surface area (Å²) in [6, 6.07) is 0. The zero-order valence-electron chi connectivity index (χ0n) is 7.77. The molecule has 1 saturated heterocycles. The van der Waals surface area contributed by atoms with Crippen molar-refractivity contribution in [2.75, 3.05) is 6.54 Å². The van der Waals surface area contributed by atoms with Gasteiger partial charge in [0, 0.05) is 6.54 Å². The van der Waals surface area contributed by atoms with Crippen LogP contribution in [0.3, 0.4) is 0 Å². The van der Waals surface area contributed by atoms with Gasteiger partial charge < -0.3 is 5.32 Å². The Labute approximate surface area is 70.6 Å². The Morgan fingerprint density at radius 2 is 2.18 bits per heavy atom. The largest absolute Gasteiger partial charge is 0.312 e. The minimum absolute atomic E-state index is 0.846. The summed E-state index contributed by atoms with van der Waals surface area (Å²) in [6.45, 7) is 8.12. The zero-order chi connectivity index (χ0) is 8.10. The van der Waals surface area contributed by atoms with E-state index in [1.807, 2.05) is 0 Å². The Balaban J connectivity index is 2.30. The maximum atomic E-state index is 3.36. The van der Waals surface area contributed by atoms with Gasteiger partial charge in [-0.3, -0.25) is 0 Å². The highest BCUT2D eigenvalue weighted by molar-refractivity contribution is 4.83. The maximum absolute atomic E-state index is 3.36. The average molecular weight is 154 g/mol. The summed E-state index contributed by atoms with van der Waals surface area (Å²) in [4.78, 5) is 0. The molecule has 0 aromatic heterocycles. The first kappa shape index (κ1) is 9.05. The smallest absolute Gasteiger partial charge is 0.0254 e. The number of hydrogen-bond acceptors (Lipinski definition) is 1. The first-order chi connectivity index (χ1) is 5.38. The van der Waals surface area contributed by atoms with Crippen LogP contribution in [0.1, 0.15) is 39.5 Å². The lowest BCUT2D eigenvalue weighted by atomic mass is 9.83. The van der Waals surface area contributed by atoms with Gasteiger partial charge in [0.05, 0.1) is 0 Å². The highest BCUT2D eigenvalue weighted by Crippen LogP contribution is 2.27. The number of hydrogen-bond donors (Lipinski definition) is 1. The van der Waals surface area contributed by atoms with E-state index in [4.69, 9.17) is 0 Å². The number of piperidine rings is 1. The Morgan fingerprint density at radius 1 is 1.45 bits per heavy atom. The van der Waals surface area contributed by atoms with Crippen molar-refractivity contribution >= 4 is 0 Å². The second-order valence-corrected chi connectivity index (χ2v) is 3.50. The van der Waals surface area contributed by atoms with Gasteiger partial charge in [-0.25, -0.2) is 0 Å². The molecule has 1 heterocycles. The van der Waals surface area contributed by atoms with Gasteiger partial charge in [-0.15, -0.1) is 0 Å². The molecule has 11 heavy (non-hydrogen) atoms. The van der Waals surface area contributed by atoms with Crippen LogP contribution in [0.2, 0.25) is 0 Å². The van der Waals surface area contributed by atoms with Crippen molar-refractivity contribution < 1.29 is 0 Å². The van der Waals surface area contributed by atoms with E-state index in [1.165, 1.54) is 32.2 Å². The van der Waals surface area contributed by atoms with E-state index in [-0.39, 0.29) is 0 Å². The summed E-state index contributed by atoms with van der Waals surface area (Å²) in [7, 11) is 0. The van der Waals surface area contributed by atoms with Crippen LogP contribution in [0.25, 0.3) is 0 Å².